The van der Waals surface area contributed by atoms with E-state index in [-0.39, 0.29) is 54.9 Å². The van der Waals surface area contributed by atoms with Crippen LogP contribution >= 0.6 is 11.6 Å². The van der Waals surface area contributed by atoms with Crippen molar-refractivity contribution in [1.29, 1.82) is 0 Å². The summed E-state index contributed by atoms with van der Waals surface area (Å²) in [6.45, 7) is 13.8. The Kier molecular flexibility index (Phi) is 37.1. The van der Waals surface area contributed by atoms with E-state index in [9.17, 15) is 32.1 Å². The van der Waals surface area contributed by atoms with Gasteiger partial charge in [0.15, 0.2) is 0 Å². The van der Waals surface area contributed by atoms with Gasteiger partial charge in [-0.25, -0.2) is 27.6 Å². The molecule has 23 heteroatoms. The minimum Gasteiger partial charge on any atom is -0.744 e. The van der Waals surface area contributed by atoms with Gasteiger partial charge in [0.1, 0.15) is 43.1 Å². The van der Waals surface area contributed by atoms with Crippen molar-refractivity contribution in [3.05, 3.63) is 281 Å². The second-order valence-electron chi connectivity index (χ2n) is 27.4. The lowest BCUT2D eigenvalue weighted by Crippen LogP contribution is -2.46. The predicted molar refractivity (Wildman–Crippen MR) is 446 cm³/mol. The Morgan fingerprint density at radius 2 is 0.768 bits per heavy atom. The number of quaternary nitrogens is 1. The van der Waals surface area contributed by atoms with Crippen LogP contribution in [-0.4, -0.2) is 227 Å². The van der Waals surface area contributed by atoms with Gasteiger partial charge < -0.3 is 63.1 Å². The van der Waals surface area contributed by atoms with Gasteiger partial charge in [-0.2, -0.15) is 0 Å². The van der Waals surface area contributed by atoms with Crippen LogP contribution in [0.15, 0.2) is 241 Å². The molecule has 112 heavy (non-hydrogen) atoms. The highest BCUT2D eigenvalue weighted by molar-refractivity contribution is 7.85. The smallest absolute Gasteiger partial charge is 0.410 e. The van der Waals surface area contributed by atoms with Crippen molar-refractivity contribution in [1.82, 2.24) is 44.9 Å². The molecule has 5 heterocycles. The van der Waals surface area contributed by atoms with E-state index in [4.69, 9.17) is 38.1 Å². The van der Waals surface area contributed by atoms with E-state index in [1.807, 2.05) is 170 Å². The average Bonchev–Trinajstić information content (AvgIpc) is 1.77. The highest BCUT2D eigenvalue weighted by Crippen LogP contribution is 2.19. The van der Waals surface area contributed by atoms with Gasteiger partial charge in [0.2, 0.25) is 0 Å². The zero-order valence-electron chi connectivity index (χ0n) is 73.0. The Bertz CT molecular complexity index is 4300. The van der Waals surface area contributed by atoms with Gasteiger partial charge in [0.25, 0.3) is 0 Å². The Balaban J connectivity index is 0.000000225. The van der Waals surface area contributed by atoms with Crippen LogP contribution < -0.4 is 10.6 Å². The van der Waals surface area contributed by atoms with Crippen LogP contribution in [0.3, 0.4) is 0 Å². The standard InChI is InChI=1S/C21H27N2O2.C20H24N2O2.C14H20N2O2.C12H18N2.C8H7ClO2.C7H8O3S.C6H14N2.CH4/c1-23(17-19-9-4-2-5-10-19)15-8-13-22(14-16-23)21(24)25-18-20-11-6-3-7-12-20;23-20(24-17-19-10-5-2-6-11-19)22-13-7-12-21(14-15-22)16-18-8-3-1-4-9-18;1-15-8-5-9-16(11-10-15)14(17)18-12-13-6-3-2-4-7-13;1-2-5-12(6-3-1)11-14-9-4-7-13-8-10-14;9-8(10)11-6-7-4-2-1-3-5-7;1-6-2-4-7(5-3-6)11(8,9)10;1-8-5-2-3-7-4-6-8;/h2-7,9-12H,8,13-18H2,1H3;1-6,8-11H,7,12-17H2;2-4,6-7H,5,8-12H2,1H3;1-3,5-6,13H,4,7-11H2;1-5H,6H2;2-5H,1H3,(H,8,9,10);7H,2-6H2,1H3;1H4/q+1;;;;;;;/p-1/i1D3;;1D3;;;;1D3;. The molecule has 8 aromatic carbocycles. The number of nitrogens with one attached hydrogen (secondary N) is 2. The first kappa shape index (κ1) is 78.2. The number of ether oxygens (including phenoxy) is 4. The molecule has 5 aliphatic rings. The zero-order valence-corrected chi connectivity index (χ0v) is 65.6. The van der Waals surface area contributed by atoms with E-state index in [1.54, 1.807) is 26.8 Å². The maximum Gasteiger partial charge on any atom is 0.410 e. The van der Waals surface area contributed by atoms with Crippen LogP contribution in [0, 0.1) is 6.92 Å². The summed E-state index contributed by atoms with van der Waals surface area (Å²) in [6, 6.07) is 74.9. The van der Waals surface area contributed by atoms with Crippen LogP contribution in [-0.2, 0) is 75.1 Å². The summed E-state index contributed by atoms with van der Waals surface area (Å²) < 4.78 is 120. The molecule has 5 saturated heterocycles. The molecular formula is C89H121ClN10O11S. The first-order valence-corrected chi connectivity index (χ1v) is 39.9. The van der Waals surface area contributed by atoms with E-state index in [2.05, 4.69) is 79.8 Å². The second kappa shape index (κ2) is 53.1. The Labute approximate surface area is 685 Å². The van der Waals surface area contributed by atoms with Crippen LogP contribution in [0.5, 0.6) is 0 Å². The largest absolute Gasteiger partial charge is 0.744 e. The highest BCUT2D eigenvalue weighted by Gasteiger charge is 2.30. The SMILES string of the molecule is C.Cc1ccc(S(=O)(=O)[O-])cc1.O=C(Cl)OCc1ccccc1.O=C(OCc1ccccc1)N1CCCN(Cc2ccccc2)CC1.[2H]C([2H])([2H])N1CCCN(C(=O)OCc2ccccc2)CC1.[2H]C([2H])([2H])N1CCCNCC1.[2H]C([2H])([2H])[N+]1(Cc2ccccc2)CCCN(C(=O)OCc2ccccc2)CC1.c1ccc(CN2CCCNCC2)cc1. The summed E-state index contributed by atoms with van der Waals surface area (Å²) >= 11 is 4.97. The number of amides is 3. The third-order valence-corrected chi connectivity index (χ3v) is 19.3. The molecule has 13 rings (SSSR count). The predicted octanol–water partition coefficient (Wildman–Crippen LogP) is 14.7. The number of rotatable bonds is 15. The van der Waals surface area contributed by atoms with Gasteiger partial charge in [-0.05, 0) is 125 Å². The fraction of sp³-hybridized carbons (Fsp3) is 0.416. The molecule has 1 unspecified atom stereocenters. The molecule has 606 valence electrons. The number of nitrogens with zero attached hydrogens (tertiary/aromatic N) is 8. The molecule has 3 amide bonds. The molecule has 5 fully saturated rings. The first-order chi connectivity index (χ1) is 57.5. The van der Waals surface area contributed by atoms with E-state index >= 15 is 0 Å². The number of benzene rings is 8. The molecule has 0 spiro atoms. The van der Waals surface area contributed by atoms with Gasteiger partial charge >= 0.3 is 23.7 Å². The van der Waals surface area contributed by atoms with Crippen molar-refractivity contribution in [3.63, 3.8) is 0 Å². The van der Waals surface area contributed by atoms with Crippen LogP contribution in [0.2, 0.25) is 0 Å². The molecule has 0 bridgehead atoms. The van der Waals surface area contributed by atoms with E-state index < -0.39 is 36.5 Å². The quantitative estimate of drug-likeness (QED) is 0.0423. The molecule has 0 aliphatic carbocycles. The van der Waals surface area contributed by atoms with Gasteiger partial charge in [-0.15, -0.1) is 0 Å². The van der Waals surface area contributed by atoms with Crippen molar-refractivity contribution in [2.75, 3.05) is 152 Å². The summed E-state index contributed by atoms with van der Waals surface area (Å²) in [5.41, 5.74) is 7.72. The number of hydrogen-bond donors (Lipinski definition) is 2. The van der Waals surface area contributed by atoms with Gasteiger partial charge in [-0.3, -0.25) is 9.80 Å². The lowest BCUT2D eigenvalue weighted by Gasteiger charge is -2.33. The normalized spacial score (nSPS) is 18.5. The summed E-state index contributed by atoms with van der Waals surface area (Å²) in [7, 11) is -4.27. The number of aryl methyl sites for hydroxylation is 1. The Morgan fingerprint density at radius 1 is 0.402 bits per heavy atom. The molecule has 1 atom stereocenters. The zero-order chi connectivity index (χ0) is 86.5. The molecule has 21 nitrogen and oxygen atoms in total. The number of likely N-dealkylation sites (N-methyl/N-ethyl adjacent to an activating group) is 3. The molecule has 2 N–H and O–H groups in total. The van der Waals surface area contributed by atoms with Gasteiger partial charge in [-0.1, -0.05) is 237 Å². The fourth-order valence-corrected chi connectivity index (χ4v) is 12.7. The Hall–Kier alpha value is -9.04. The molecule has 0 saturated carbocycles. The van der Waals surface area contributed by atoms with E-state index in [0.717, 1.165) is 105 Å². The Morgan fingerprint density at radius 3 is 1.21 bits per heavy atom. The maximum atomic E-state index is 12.5. The minimum absolute atomic E-state index is 0. The van der Waals surface area contributed by atoms with Crippen LogP contribution in [0.1, 0.15) is 96.4 Å². The molecule has 0 aromatic heterocycles. The lowest BCUT2D eigenvalue weighted by molar-refractivity contribution is -0.920. The van der Waals surface area contributed by atoms with Crippen LogP contribution in [0.4, 0.5) is 19.2 Å². The summed E-state index contributed by atoms with van der Waals surface area (Å²) in [4.78, 5) is 59.7. The van der Waals surface area contributed by atoms with E-state index in [0.29, 0.717) is 91.4 Å². The highest BCUT2D eigenvalue weighted by atomic mass is 35.5. The topological polar surface area (TPSA) is 209 Å². The maximum absolute atomic E-state index is 12.5. The first-order valence-electron chi connectivity index (χ1n) is 42.6. The van der Waals surface area contributed by atoms with Crippen molar-refractivity contribution in [3.8, 4) is 0 Å². The average molecular weight is 1580 g/mol. The second-order valence-corrected chi connectivity index (χ2v) is 29.1. The lowest BCUT2D eigenvalue weighted by atomic mass is 10.2. The summed E-state index contributed by atoms with van der Waals surface area (Å²) in [5, 5.41) is 6.58. The fourth-order valence-electron chi connectivity index (χ4n) is 12.2. The third-order valence-electron chi connectivity index (χ3n) is 18.4. The molecule has 0 radical (unpaired) electrons. The summed E-state index contributed by atoms with van der Waals surface area (Å²) in [5.74, 6) is 0. The van der Waals surface area contributed by atoms with E-state index in [1.165, 1.54) is 54.2 Å². The van der Waals surface area contributed by atoms with Crippen molar-refractivity contribution in [2.24, 2.45) is 0 Å². The summed E-state index contributed by atoms with van der Waals surface area (Å²) in [6.07, 6.45) is 3.48. The molecule has 5 aliphatic heterocycles. The minimum atomic E-state index is -4.27. The molecular weight excluding hydrogens is 1450 g/mol. The number of hydrogen-bond acceptors (Lipinski definition) is 17. The van der Waals surface area contributed by atoms with Crippen molar-refractivity contribution in [2.45, 2.75) is 97.4 Å². The molecule has 8 aromatic rings. The van der Waals surface area contributed by atoms with Crippen molar-refractivity contribution < 1.29 is 67.9 Å². The van der Waals surface area contributed by atoms with Gasteiger partial charge in [0, 0.05) is 123 Å². The van der Waals surface area contributed by atoms with Crippen LogP contribution in [0.25, 0.3) is 0 Å². The monoisotopic (exact) mass is 1580 g/mol. The third kappa shape index (κ3) is 38.9. The number of carbonyl (C=O) groups is 4. The van der Waals surface area contributed by atoms with Gasteiger partial charge in [0.05, 0.1) is 35.6 Å². The van der Waals surface area contributed by atoms with Crippen molar-refractivity contribution >= 4 is 45.4 Å². The number of carbonyl (C=O) groups excluding carboxylic acids is 4. The number of halogens is 1.